The van der Waals surface area contributed by atoms with Crippen molar-refractivity contribution in [1.29, 1.82) is 0 Å². The lowest BCUT2D eigenvalue weighted by molar-refractivity contribution is 0.0952. The summed E-state index contributed by atoms with van der Waals surface area (Å²) in [5.41, 5.74) is 1.28. The third-order valence-corrected chi connectivity index (χ3v) is 2.70. The average molecular weight is 264 g/mol. The maximum Gasteiger partial charge on any atom is 0.251 e. The highest BCUT2D eigenvalue weighted by Crippen LogP contribution is 2.10. The molecule has 0 radical (unpaired) electrons. The molecule has 0 atom stereocenters. The number of pyridine rings is 1. The first-order valence-electron chi connectivity index (χ1n) is 5.68. The highest BCUT2D eigenvalue weighted by Gasteiger charge is 2.07. The summed E-state index contributed by atoms with van der Waals surface area (Å²) < 4.78 is 2.01. The van der Waals surface area contributed by atoms with E-state index < -0.39 is 0 Å². The second-order valence-corrected chi connectivity index (χ2v) is 4.38. The topological polar surface area (TPSA) is 46.9 Å². The Kier molecular flexibility index (Phi) is 3.99. The predicted molar refractivity (Wildman–Crippen MR) is 70.7 cm³/mol. The van der Waals surface area contributed by atoms with E-state index in [2.05, 4.69) is 10.3 Å². The number of rotatable bonds is 4. The fraction of sp³-hybridized carbons (Fsp3) is 0.231. The molecule has 0 saturated carbocycles. The van der Waals surface area contributed by atoms with Crippen LogP contribution in [-0.4, -0.2) is 22.0 Å². The van der Waals surface area contributed by atoms with E-state index in [1.807, 2.05) is 36.0 Å². The van der Waals surface area contributed by atoms with E-state index in [0.29, 0.717) is 17.3 Å². The molecule has 2 heterocycles. The van der Waals surface area contributed by atoms with Crippen LogP contribution in [0.4, 0.5) is 0 Å². The zero-order valence-corrected chi connectivity index (χ0v) is 10.8. The Bertz CT molecular complexity index is 517. The van der Waals surface area contributed by atoms with Crippen LogP contribution in [-0.2, 0) is 6.54 Å². The molecule has 1 N–H and O–H groups in total. The molecule has 0 fully saturated rings. The Morgan fingerprint density at radius 1 is 1.39 bits per heavy atom. The number of aryl methyl sites for hydroxylation is 1. The van der Waals surface area contributed by atoms with Gasteiger partial charge in [-0.2, -0.15) is 0 Å². The largest absolute Gasteiger partial charge is 0.353 e. The van der Waals surface area contributed by atoms with Gasteiger partial charge in [0.15, 0.2) is 0 Å². The van der Waals surface area contributed by atoms with Crippen molar-refractivity contribution < 1.29 is 4.79 Å². The molecule has 2 aromatic heterocycles. The number of nitrogens with one attached hydrogen (secondary N) is 1. The molecule has 0 aliphatic carbocycles. The molecule has 5 heteroatoms. The summed E-state index contributed by atoms with van der Waals surface area (Å²) in [6, 6.07) is 7.19. The zero-order chi connectivity index (χ0) is 13.0. The first-order chi connectivity index (χ1) is 8.65. The van der Waals surface area contributed by atoms with Crippen molar-refractivity contribution >= 4 is 17.5 Å². The molecule has 0 spiro atoms. The highest BCUT2D eigenvalue weighted by atomic mass is 35.5. The second-order valence-electron chi connectivity index (χ2n) is 4.00. The molecule has 18 heavy (non-hydrogen) atoms. The number of amides is 1. The summed E-state index contributed by atoms with van der Waals surface area (Å²) in [4.78, 5) is 15.9. The van der Waals surface area contributed by atoms with Gasteiger partial charge in [0, 0.05) is 36.7 Å². The maximum atomic E-state index is 11.9. The van der Waals surface area contributed by atoms with Crippen LogP contribution < -0.4 is 5.32 Å². The van der Waals surface area contributed by atoms with Crippen LogP contribution in [0.15, 0.2) is 36.7 Å². The smallest absolute Gasteiger partial charge is 0.251 e. The van der Waals surface area contributed by atoms with E-state index in [0.717, 1.165) is 12.2 Å². The second kappa shape index (κ2) is 5.69. The van der Waals surface area contributed by atoms with Crippen molar-refractivity contribution in [2.45, 2.75) is 13.5 Å². The van der Waals surface area contributed by atoms with Crippen LogP contribution >= 0.6 is 11.6 Å². The van der Waals surface area contributed by atoms with E-state index in [9.17, 15) is 4.79 Å². The van der Waals surface area contributed by atoms with Crippen molar-refractivity contribution in [1.82, 2.24) is 14.9 Å². The highest BCUT2D eigenvalue weighted by molar-refractivity contribution is 6.29. The van der Waals surface area contributed by atoms with Crippen molar-refractivity contribution in [2.75, 3.05) is 6.54 Å². The van der Waals surface area contributed by atoms with Gasteiger partial charge in [-0.25, -0.2) is 4.98 Å². The van der Waals surface area contributed by atoms with Crippen molar-refractivity contribution in [3.63, 3.8) is 0 Å². The molecular weight excluding hydrogens is 250 g/mol. The van der Waals surface area contributed by atoms with E-state index in [-0.39, 0.29) is 5.91 Å². The molecule has 2 aromatic rings. The number of nitrogens with zero attached hydrogens (tertiary/aromatic N) is 2. The fourth-order valence-electron chi connectivity index (χ4n) is 1.68. The molecule has 0 aromatic carbocycles. The van der Waals surface area contributed by atoms with Gasteiger partial charge in [-0.15, -0.1) is 0 Å². The summed E-state index contributed by atoms with van der Waals surface area (Å²) in [6.45, 7) is 3.13. The number of hydrogen-bond donors (Lipinski definition) is 1. The van der Waals surface area contributed by atoms with Crippen LogP contribution in [0.2, 0.25) is 5.15 Å². The molecule has 94 valence electrons. The number of halogens is 1. The van der Waals surface area contributed by atoms with E-state index >= 15 is 0 Å². The van der Waals surface area contributed by atoms with Crippen molar-refractivity contribution in [3.05, 3.63) is 53.1 Å². The molecule has 1 amide bonds. The van der Waals surface area contributed by atoms with Crippen molar-refractivity contribution in [2.24, 2.45) is 0 Å². The molecule has 0 bridgehead atoms. The van der Waals surface area contributed by atoms with Crippen LogP contribution in [0.1, 0.15) is 16.1 Å². The Morgan fingerprint density at radius 2 is 2.11 bits per heavy atom. The van der Waals surface area contributed by atoms with Crippen LogP contribution in [0, 0.1) is 6.92 Å². The third-order valence-electron chi connectivity index (χ3n) is 2.51. The van der Waals surface area contributed by atoms with Gasteiger partial charge in [0.25, 0.3) is 5.91 Å². The van der Waals surface area contributed by atoms with Gasteiger partial charge < -0.3 is 9.88 Å². The molecule has 0 unspecified atom stereocenters. The Morgan fingerprint density at radius 3 is 2.78 bits per heavy atom. The van der Waals surface area contributed by atoms with E-state index in [4.69, 9.17) is 11.6 Å². The summed E-state index contributed by atoms with van der Waals surface area (Å²) >= 11 is 5.81. The molecule has 0 saturated heterocycles. The fourth-order valence-corrected chi connectivity index (χ4v) is 1.93. The SMILES string of the molecule is Cc1cc(C(=O)NCCn2cccc2)cc(Cl)n1. The standard InChI is InChI=1S/C13H14ClN3O/c1-10-8-11(9-12(14)16-10)13(18)15-4-7-17-5-2-3-6-17/h2-3,5-6,8-9H,4,7H2,1H3,(H,15,18). The van der Waals surface area contributed by atoms with Gasteiger partial charge in [0.1, 0.15) is 5.15 Å². The maximum absolute atomic E-state index is 11.9. The van der Waals surface area contributed by atoms with Gasteiger partial charge in [0.05, 0.1) is 0 Å². The Balaban J connectivity index is 1.91. The minimum atomic E-state index is -0.130. The van der Waals surface area contributed by atoms with Gasteiger partial charge in [-0.3, -0.25) is 4.79 Å². The monoisotopic (exact) mass is 263 g/mol. The van der Waals surface area contributed by atoms with Crippen molar-refractivity contribution in [3.8, 4) is 0 Å². The molecule has 0 aliphatic heterocycles. The van der Waals surface area contributed by atoms with Crippen LogP contribution in [0.25, 0.3) is 0 Å². The van der Waals surface area contributed by atoms with Gasteiger partial charge in [0.2, 0.25) is 0 Å². The predicted octanol–water partition coefficient (Wildman–Crippen LogP) is 2.27. The first kappa shape index (κ1) is 12.6. The number of carbonyl (C=O) groups excluding carboxylic acids is 1. The van der Waals surface area contributed by atoms with Crippen LogP contribution in [0.3, 0.4) is 0 Å². The quantitative estimate of drug-likeness (QED) is 0.861. The first-order valence-corrected chi connectivity index (χ1v) is 6.06. The summed E-state index contributed by atoms with van der Waals surface area (Å²) in [5, 5.41) is 3.18. The number of carbonyl (C=O) groups is 1. The van der Waals surface area contributed by atoms with Gasteiger partial charge in [-0.05, 0) is 31.2 Å². The number of aromatic nitrogens is 2. The Labute approximate surface area is 111 Å². The van der Waals surface area contributed by atoms with Gasteiger partial charge >= 0.3 is 0 Å². The summed E-state index contributed by atoms with van der Waals surface area (Å²) in [7, 11) is 0. The number of hydrogen-bond acceptors (Lipinski definition) is 2. The normalized spacial score (nSPS) is 10.3. The van der Waals surface area contributed by atoms with Crippen LogP contribution in [0.5, 0.6) is 0 Å². The summed E-state index contributed by atoms with van der Waals surface area (Å²) in [5.74, 6) is -0.130. The molecule has 2 rings (SSSR count). The van der Waals surface area contributed by atoms with Gasteiger partial charge in [-0.1, -0.05) is 11.6 Å². The lowest BCUT2D eigenvalue weighted by Crippen LogP contribution is -2.27. The minimum Gasteiger partial charge on any atom is -0.353 e. The lowest BCUT2D eigenvalue weighted by atomic mass is 10.2. The summed E-state index contributed by atoms with van der Waals surface area (Å²) in [6.07, 6.45) is 3.92. The lowest BCUT2D eigenvalue weighted by Gasteiger charge is -2.07. The zero-order valence-electron chi connectivity index (χ0n) is 10.1. The van der Waals surface area contributed by atoms with E-state index in [1.165, 1.54) is 0 Å². The molecule has 0 aliphatic rings. The molecule has 4 nitrogen and oxygen atoms in total. The van der Waals surface area contributed by atoms with E-state index in [1.54, 1.807) is 12.1 Å². The molecular formula is C13H14ClN3O. The average Bonchev–Trinajstić information content (AvgIpc) is 2.80. The minimum absolute atomic E-state index is 0.130. The Hall–Kier alpha value is -1.81. The third kappa shape index (κ3) is 3.34.